The van der Waals surface area contributed by atoms with Gasteiger partial charge in [0.15, 0.2) is 0 Å². The monoisotopic (exact) mass is 292 g/mol. The largest absolute Gasteiger partial charge is 0.373 e. The molecule has 0 saturated heterocycles. The van der Waals surface area contributed by atoms with E-state index in [1.54, 1.807) is 26.0 Å². The summed E-state index contributed by atoms with van der Waals surface area (Å²) in [7, 11) is 0. The Kier molecular flexibility index (Phi) is 4.16. The lowest BCUT2D eigenvalue weighted by atomic mass is 10.1. The van der Waals surface area contributed by atoms with Gasteiger partial charge in [-0.3, -0.25) is 10.1 Å². The molecule has 1 unspecified atom stereocenters. The summed E-state index contributed by atoms with van der Waals surface area (Å²) in [5.41, 5.74) is 1.30. The van der Waals surface area contributed by atoms with Crippen molar-refractivity contribution in [3.05, 3.63) is 69.3 Å². The summed E-state index contributed by atoms with van der Waals surface area (Å²) >= 11 is 0. The number of hydrogen-bond donors (Lipinski definition) is 1. The van der Waals surface area contributed by atoms with E-state index in [-0.39, 0.29) is 11.3 Å². The average Bonchev–Trinajstić information content (AvgIpc) is 2.37. The van der Waals surface area contributed by atoms with Gasteiger partial charge in [-0.2, -0.15) is 0 Å². The molecule has 1 N–H and O–H groups in total. The first-order valence-corrected chi connectivity index (χ1v) is 6.35. The standard InChI is InChI=1S/C15H14F2N2O2/c1-9-3-6-15(19(20)21)14(7-9)18-10(2)12-5-4-11(16)8-13(12)17/h3-8,10,18H,1-2H3. The molecule has 0 amide bonds. The number of nitrogens with zero attached hydrogens (tertiary/aromatic N) is 1. The first-order valence-electron chi connectivity index (χ1n) is 6.35. The normalized spacial score (nSPS) is 12.0. The van der Waals surface area contributed by atoms with E-state index < -0.39 is 22.6 Å². The van der Waals surface area contributed by atoms with Gasteiger partial charge < -0.3 is 5.32 Å². The van der Waals surface area contributed by atoms with Crippen LogP contribution in [0.15, 0.2) is 36.4 Å². The van der Waals surface area contributed by atoms with E-state index in [0.717, 1.165) is 17.7 Å². The van der Waals surface area contributed by atoms with E-state index in [1.807, 2.05) is 0 Å². The molecule has 6 heteroatoms. The number of anilines is 1. The first kappa shape index (κ1) is 14.9. The van der Waals surface area contributed by atoms with Crippen LogP contribution < -0.4 is 5.32 Å². The fraction of sp³-hybridized carbons (Fsp3) is 0.200. The molecule has 0 fully saturated rings. The van der Waals surface area contributed by atoms with Crippen molar-refractivity contribution in [2.75, 3.05) is 5.32 Å². The van der Waals surface area contributed by atoms with Gasteiger partial charge in [0.25, 0.3) is 5.69 Å². The topological polar surface area (TPSA) is 55.2 Å². The average molecular weight is 292 g/mol. The van der Waals surface area contributed by atoms with Gasteiger partial charge in [0.2, 0.25) is 0 Å². The second-order valence-corrected chi connectivity index (χ2v) is 4.81. The van der Waals surface area contributed by atoms with Crippen LogP contribution in [0.1, 0.15) is 24.1 Å². The van der Waals surface area contributed by atoms with E-state index >= 15 is 0 Å². The third-order valence-electron chi connectivity index (χ3n) is 3.15. The Hall–Kier alpha value is -2.50. The molecule has 21 heavy (non-hydrogen) atoms. The molecule has 2 rings (SSSR count). The lowest BCUT2D eigenvalue weighted by Crippen LogP contribution is -2.10. The zero-order chi connectivity index (χ0) is 15.6. The summed E-state index contributed by atoms with van der Waals surface area (Å²) in [6, 6.07) is 7.38. The Morgan fingerprint density at radius 2 is 1.90 bits per heavy atom. The van der Waals surface area contributed by atoms with Crippen LogP contribution in [-0.2, 0) is 0 Å². The van der Waals surface area contributed by atoms with Crippen LogP contribution in [-0.4, -0.2) is 4.92 Å². The number of halogens is 2. The molecule has 0 bridgehead atoms. The molecular weight excluding hydrogens is 278 g/mol. The maximum absolute atomic E-state index is 13.7. The number of nitro groups is 1. The fourth-order valence-corrected chi connectivity index (χ4v) is 2.09. The van der Waals surface area contributed by atoms with Crippen molar-refractivity contribution in [2.45, 2.75) is 19.9 Å². The summed E-state index contributed by atoms with van der Waals surface area (Å²) in [6.07, 6.45) is 0. The van der Waals surface area contributed by atoms with Gasteiger partial charge in [-0.25, -0.2) is 8.78 Å². The van der Waals surface area contributed by atoms with Crippen LogP contribution in [0, 0.1) is 28.7 Å². The number of nitrogens with one attached hydrogen (secondary N) is 1. The zero-order valence-corrected chi connectivity index (χ0v) is 11.6. The molecule has 110 valence electrons. The Bertz CT molecular complexity index is 689. The van der Waals surface area contributed by atoms with Crippen molar-refractivity contribution in [1.29, 1.82) is 0 Å². The van der Waals surface area contributed by atoms with Gasteiger partial charge in [-0.05, 0) is 31.5 Å². The smallest absolute Gasteiger partial charge is 0.292 e. The minimum absolute atomic E-state index is 0.0880. The van der Waals surface area contributed by atoms with Crippen molar-refractivity contribution in [3.8, 4) is 0 Å². The minimum atomic E-state index is -0.690. The molecule has 0 radical (unpaired) electrons. The number of rotatable bonds is 4. The summed E-state index contributed by atoms with van der Waals surface area (Å²) in [4.78, 5) is 10.5. The molecule has 2 aromatic rings. The third-order valence-corrected chi connectivity index (χ3v) is 3.15. The van der Waals surface area contributed by atoms with Crippen LogP contribution in [0.4, 0.5) is 20.2 Å². The Morgan fingerprint density at radius 3 is 2.52 bits per heavy atom. The predicted octanol–water partition coefficient (Wildman–Crippen LogP) is 4.35. The summed E-state index contributed by atoms with van der Waals surface area (Å²) in [6.45, 7) is 3.46. The lowest BCUT2D eigenvalue weighted by molar-refractivity contribution is -0.384. The highest BCUT2D eigenvalue weighted by atomic mass is 19.1. The van der Waals surface area contributed by atoms with Crippen LogP contribution in [0.25, 0.3) is 0 Å². The van der Waals surface area contributed by atoms with Crippen molar-refractivity contribution in [3.63, 3.8) is 0 Å². The highest BCUT2D eigenvalue weighted by Gasteiger charge is 2.18. The molecule has 0 aliphatic carbocycles. The third kappa shape index (κ3) is 3.34. The second kappa shape index (κ2) is 5.87. The van der Waals surface area contributed by atoms with Crippen LogP contribution in [0.2, 0.25) is 0 Å². The van der Waals surface area contributed by atoms with E-state index in [4.69, 9.17) is 0 Å². The number of aryl methyl sites for hydroxylation is 1. The van der Waals surface area contributed by atoms with E-state index in [2.05, 4.69) is 5.32 Å². The molecule has 4 nitrogen and oxygen atoms in total. The van der Waals surface area contributed by atoms with E-state index in [1.165, 1.54) is 12.1 Å². The van der Waals surface area contributed by atoms with Crippen LogP contribution >= 0.6 is 0 Å². The van der Waals surface area contributed by atoms with Crippen LogP contribution in [0.3, 0.4) is 0 Å². The Labute approximate surface area is 120 Å². The summed E-state index contributed by atoms with van der Waals surface area (Å²) in [5.74, 6) is -1.35. The second-order valence-electron chi connectivity index (χ2n) is 4.81. The Morgan fingerprint density at radius 1 is 1.19 bits per heavy atom. The summed E-state index contributed by atoms with van der Waals surface area (Å²) in [5, 5.41) is 13.9. The maximum atomic E-state index is 13.7. The molecule has 1 atom stereocenters. The van der Waals surface area contributed by atoms with Crippen molar-refractivity contribution < 1.29 is 13.7 Å². The molecule has 0 heterocycles. The van der Waals surface area contributed by atoms with Gasteiger partial charge in [0, 0.05) is 17.7 Å². The van der Waals surface area contributed by atoms with Gasteiger partial charge in [0.1, 0.15) is 17.3 Å². The van der Waals surface area contributed by atoms with Gasteiger partial charge >= 0.3 is 0 Å². The number of benzene rings is 2. The molecule has 0 aromatic heterocycles. The van der Waals surface area contributed by atoms with Crippen molar-refractivity contribution in [2.24, 2.45) is 0 Å². The SMILES string of the molecule is Cc1ccc([N+](=O)[O-])c(NC(C)c2ccc(F)cc2F)c1. The van der Waals surface area contributed by atoms with E-state index in [9.17, 15) is 18.9 Å². The van der Waals surface area contributed by atoms with Crippen LogP contribution in [0.5, 0.6) is 0 Å². The van der Waals surface area contributed by atoms with E-state index in [0.29, 0.717) is 5.69 Å². The maximum Gasteiger partial charge on any atom is 0.292 e. The van der Waals surface area contributed by atoms with Gasteiger partial charge in [-0.15, -0.1) is 0 Å². The minimum Gasteiger partial charge on any atom is -0.373 e. The van der Waals surface area contributed by atoms with Crippen molar-refractivity contribution in [1.82, 2.24) is 0 Å². The predicted molar refractivity (Wildman–Crippen MR) is 76.2 cm³/mol. The molecule has 0 spiro atoms. The lowest BCUT2D eigenvalue weighted by Gasteiger charge is -2.17. The van der Waals surface area contributed by atoms with Gasteiger partial charge in [-0.1, -0.05) is 12.1 Å². The molecule has 0 aliphatic rings. The molecular formula is C15H14F2N2O2. The zero-order valence-electron chi connectivity index (χ0n) is 11.6. The first-order chi connectivity index (χ1) is 9.88. The number of nitro benzene ring substituents is 1. The molecule has 2 aromatic carbocycles. The quantitative estimate of drug-likeness (QED) is 0.673. The fourth-order valence-electron chi connectivity index (χ4n) is 2.09. The highest BCUT2D eigenvalue weighted by molar-refractivity contribution is 5.63. The highest BCUT2D eigenvalue weighted by Crippen LogP contribution is 2.29. The molecule has 0 saturated carbocycles. The molecule has 0 aliphatic heterocycles. The van der Waals surface area contributed by atoms with Crippen molar-refractivity contribution >= 4 is 11.4 Å². The summed E-state index contributed by atoms with van der Waals surface area (Å²) < 4.78 is 26.6. The Balaban J connectivity index is 2.33. The van der Waals surface area contributed by atoms with Gasteiger partial charge in [0.05, 0.1) is 11.0 Å². The number of hydrogen-bond acceptors (Lipinski definition) is 3.